The quantitative estimate of drug-likeness (QED) is 0.933. The highest BCUT2D eigenvalue weighted by Crippen LogP contribution is 2.22. The van der Waals surface area contributed by atoms with Crippen molar-refractivity contribution in [1.29, 1.82) is 0 Å². The van der Waals surface area contributed by atoms with E-state index in [1.165, 1.54) is 6.07 Å². The number of nitrogens with zero attached hydrogens (tertiary/aromatic N) is 1. The summed E-state index contributed by atoms with van der Waals surface area (Å²) in [5.41, 5.74) is 3.02. The molecule has 2 aromatic carbocycles. The molecule has 0 unspecified atom stereocenters. The SMILES string of the molecule is O[C@H](Cc1ccccc1)CN1CCc2cccc(F)c2C1. The maximum atomic E-state index is 13.8. The minimum atomic E-state index is -0.416. The summed E-state index contributed by atoms with van der Waals surface area (Å²) in [6.45, 7) is 2.05. The van der Waals surface area contributed by atoms with Crippen molar-refractivity contribution in [2.24, 2.45) is 0 Å². The van der Waals surface area contributed by atoms with Crippen LogP contribution >= 0.6 is 0 Å². The Kier molecular flexibility index (Phi) is 4.32. The maximum absolute atomic E-state index is 13.8. The van der Waals surface area contributed by atoms with Gasteiger partial charge < -0.3 is 5.11 Å². The normalized spacial score (nSPS) is 16.5. The molecule has 0 radical (unpaired) electrons. The average molecular weight is 285 g/mol. The van der Waals surface area contributed by atoms with Gasteiger partial charge in [-0.05, 0) is 30.0 Å². The van der Waals surface area contributed by atoms with Crippen molar-refractivity contribution in [2.45, 2.75) is 25.5 Å². The van der Waals surface area contributed by atoms with Crippen molar-refractivity contribution in [3.05, 3.63) is 71.0 Å². The van der Waals surface area contributed by atoms with Crippen LogP contribution < -0.4 is 0 Å². The fourth-order valence-corrected chi connectivity index (χ4v) is 3.00. The Hall–Kier alpha value is -1.71. The molecule has 0 saturated carbocycles. The van der Waals surface area contributed by atoms with E-state index in [1.54, 1.807) is 6.07 Å². The molecule has 0 amide bonds. The number of benzene rings is 2. The van der Waals surface area contributed by atoms with Gasteiger partial charge in [0.2, 0.25) is 0 Å². The molecule has 0 bridgehead atoms. The number of fused-ring (bicyclic) bond motifs is 1. The van der Waals surface area contributed by atoms with Crippen LogP contribution in [-0.4, -0.2) is 29.2 Å². The Morgan fingerprint density at radius 1 is 1.10 bits per heavy atom. The van der Waals surface area contributed by atoms with Gasteiger partial charge in [-0.1, -0.05) is 42.5 Å². The molecule has 2 nitrogen and oxygen atoms in total. The molecular formula is C18H20FNO. The Bertz CT molecular complexity index is 599. The van der Waals surface area contributed by atoms with E-state index in [2.05, 4.69) is 4.90 Å². The van der Waals surface area contributed by atoms with Crippen LogP contribution in [0.2, 0.25) is 0 Å². The zero-order chi connectivity index (χ0) is 14.7. The van der Waals surface area contributed by atoms with Gasteiger partial charge in [-0.15, -0.1) is 0 Å². The second-order valence-corrected chi connectivity index (χ2v) is 5.71. The number of aliphatic hydroxyl groups is 1. The van der Waals surface area contributed by atoms with Crippen molar-refractivity contribution < 1.29 is 9.50 Å². The van der Waals surface area contributed by atoms with E-state index in [0.29, 0.717) is 19.5 Å². The number of rotatable bonds is 4. The Labute approximate surface area is 124 Å². The summed E-state index contributed by atoms with van der Waals surface area (Å²) in [5, 5.41) is 10.2. The predicted molar refractivity (Wildman–Crippen MR) is 81.5 cm³/mol. The van der Waals surface area contributed by atoms with Gasteiger partial charge in [0.1, 0.15) is 5.82 Å². The number of hydrogen-bond donors (Lipinski definition) is 1. The summed E-state index contributed by atoms with van der Waals surface area (Å²) in [5.74, 6) is -0.130. The summed E-state index contributed by atoms with van der Waals surface area (Å²) in [7, 11) is 0. The van der Waals surface area contributed by atoms with Crippen LogP contribution in [-0.2, 0) is 19.4 Å². The van der Waals surface area contributed by atoms with Crippen molar-refractivity contribution >= 4 is 0 Å². The van der Waals surface area contributed by atoms with E-state index in [4.69, 9.17) is 0 Å². The third-order valence-electron chi connectivity index (χ3n) is 4.08. The summed E-state index contributed by atoms with van der Waals surface area (Å²) < 4.78 is 13.8. The second-order valence-electron chi connectivity index (χ2n) is 5.71. The fourth-order valence-electron chi connectivity index (χ4n) is 3.00. The standard InChI is InChI=1S/C18H20FNO/c19-18-8-4-7-15-9-10-20(13-17(15)18)12-16(21)11-14-5-2-1-3-6-14/h1-8,16,21H,9-13H2/t16-/m1/s1. The van der Waals surface area contributed by atoms with Gasteiger partial charge in [0, 0.05) is 25.2 Å². The van der Waals surface area contributed by atoms with Crippen LogP contribution in [0, 0.1) is 5.82 Å². The van der Waals surface area contributed by atoms with Gasteiger partial charge in [-0.25, -0.2) is 4.39 Å². The fraction of sp³-hybridized carbons (Fsp3) is 0.333. The first kappa shape index (κ1) is 14.2. The topological polar surface area (TPSA) is 23.5 Å². The molecule has 1 heterocycles. The molecular weight excluding hydrogens is 265 g/mol. The zero-order valence-electron chi connectivity index (χ0n) is 12.0. The molecule has 0 aliphatic carbocycles. The van der Waals surface area contributed by atoms with E-state index in [0.717, 1.165) is 29.7 Å². The van der Waals surface area contributed by atoms with Crippen LogP contribution in [0.1, 0.15) is 16.7 Å². The Morgan fingerprint density at radius 3 is 2.71 bits per heavy atom. The molecule has 1 N–H and O–H groups in total. The van der Waals surface area contributed by atoms with Crippen LogP contribution in [0.15, 0.2) is 48.5 Å². The van der Waals surface area contributed by atoms with Gasteiger partial charge in [-0.2, -0.15) is 0 Å². The minimum Gasteiger partial charge on any atom is -0.391 e. The highest BCUT2D eigenvalue weighted by molar-refractivity contribution is 5.30. The van der Waals surface area contributed by atoms with Gasteiger partial charge in [0.15, 0.2) is 0 Å². The van der Waals surface area contributed by atoms with Crippen LogP contribution in [0.25, 0.3) is 0 Å². The minimum absolute atomic E-state index is 0.130. The molecule has 21 heavy (non-hydrogen) atoms. The molecule has 0 spiro atoms. The summed E-state index contributed by atoms with van der Waals surface area (Å²) >= 11 is 0. The summed E-state index contributed by atoms with van der Waals surface area (Å²) in [6.07, 6.45) is 1.08. The number of halogens is 1. The molecule has 1 aliphatic rings. The third-order valence-corrected chi connectivity index (χ3v) is 4.08. The van der Waals surface area contributed by atoms with Crippen molar-refractivity contribution in [2.75, 3.05) is 13.1 Å². The van der Waals surface area contributed by atoms with Crippen molar-refractivity contribution in [3.63, 3.8) is 0 Å². The van der Waals surface area contributed by atoms with Crippen molar-refractivity contribution in [1.82, 2.24) is 4.90 Å². The van der Waals surface area contributed by atoms with Gasteiger partial charge in [-0.3, -0.25) is 4.90 Å². The molecule has 2 aromatic rings. The molecule has 1 aliphatic heterocycles. The van der Waals surface area contributed by atoms with E-state index in [9.17, 15) is 9.50 Å². The third kappa shape index (κ3) is 3.49. The first-order valence-corrected chi connectivity index (χ1v) is 7.43. The lowest BCUT2D eigenvalue weighted by molar-refractivity contribution is 0.105. The largest absolute Gasteiger partial charge is 0.391 e. The van der Waals surface area contributed by atoms with E-state index >= 15 is 0 Å². The van der Waals surface area contributed by atoms with Gasteiger partial charge in [0.05, 0.1) is 6.10 Å². The highest BCUT2D eigenvalue weighted by atomic mass is 19.1. The van der Waals surface area contributed by atoms with Gasteiger partial charge >= 0.3 is 0 Å². The Morgan fingerprint density at radius 2 is 1.90 bits per heavy atom. The van der Waals surface area contributed by atoms with Crippen LogP contribution in [0.5, 0.6) is 0 Å². The smallest absolute Gasteiger partial charge is 0.127 e. The molecule has 3 rings (SSSR count). The molecule has 0 saturated heterocycles. The molecule has 0 fully saturated rings. The first-order valence-electron chi connectivity index (χ1n) is 7.43. The summed E-state index contributed by atoms with van der Waals surface area (Å²) in [4.78, 5) is 2.14. The average Bonchev–Trinajstić information content (AvgIpc) is 2.49. The lowest BCUT2D eigenvalue weighted by Gasteiger charge is -2.30. The lowest BCUT2D eigenvalue weighted by atomic mass is 9.98. The zero-order valence-corrected chi connectivity index (χ0v) is 12.0. The molecule has 110 valence electrons. The summed E-state index contributed by atoms with van der Waals surface area (Å²) in [6, 6.07) is 15.3. The van der Waals surface area contributed by atoms with Crippen LogP contribution in [0.4, 0.5) is 4.39 Å². The monoisotopic (exact) mass is 285 g/mol. The van der Waals surface area contributed by atoms with Crippen LogP contribution in [0.3, 0.4) is 0 Å². The van der Waals surface area contributed by atoms with Gasteiger partial charge in [0.25, 0.3) is 0 Å². The van der Waals surface area contributed by atoms with E-state index in [1.807, 2.05) is 36.4 Å². The van der Waals surface area contributed by atoms with Crippen molar-refractivity contribution in [3.8, 4) is 0 Å². The number of hydrogen-bond acceptors (Lipinski definition) is 2. The maximum Gasteiger partial charge on any atom is 0.127 e. The molecule has 3 heteroatoms. The predicted octanol–water partition coefficient (Wildman–Crippen LogP) is 2.79. The number of aliphatic hydroxyl groups excluding tert-OH is 1. The first-order chi connectivity index (χ1) is 10.2. The van der Waals surface area contributed by atoms with E-state index < -0.39 is 6.10 Å². The second kappa shape index (κ2) is 6.37. The lowest BCUT2D eigenvalue weighted by Crippen LogP contribution is -2.37. The molecule has 1 atom stereocenters. The Balaban J connectivity index is 1.61. The molecule has 0 aromatic heterocycles. The number of β-amino-alcohol motifs (C(OH)–C–C–N with tert-alkyl or cyclic N) is 1. The highest BCUT2D eigenvalue weighted by Gasteiger charge is 2.21. The van der Waals surface area contributed by atoms with E-state index in [-0.39, 0.29) is 5.82 Å².